The molecule has 0 saturated heterocycles. The van der Waals surface area contributed by atoms with E-state index >= 15 is 0 Å². The molecule has 0 N–H and O–H groups in total. The molecule has 28 heavy (non-hydrogen) atoms. The Balaban J connectivity index is 1.62. The molecule has 1 aliphatic heterocycles. The summed E-state index contributed by atoms with van der Waals surface area (Å²) in [7, 11) is 0. The first-order valence-electron chi connectivity index (χ1n) is 8.65. The molecule has 0 radical (unpaired) electrons. The van der Waals surface area contributed by atoms with Crippen LogP contribution in [0.3, 0.4) is 0 Å². The van der Waals surface area contributed by atoms with Gasteiger partial charge in [-0.25, -0.2) is 4.90 Å². The zero-order valence-corrected chi connectivity index (χ0v) is 16.2. The highest BCUT2D eigenvalue weighted by molar-refractivity contribution is 6.39. The van der Waals surface area contributed by atoms with E-state index in [1.807, 2.05) is 30.3 Å². The van der Waals surface area contributed by atoms with Crippen LogP contribution in [0.1, 0.15) is 21.5 Å². The number of fused-ring (bicyclic) bond motifs is 1. The van der Waals surface area contributed by atoms with Crippen molar-refractivity contribution < 1.29 is 14.3 Å². The average molecular weight is 412 g/mol. The second kappa shape index (κ2) is 7.66. The lowest BCUT2D eigenvalue weighted by atomic mass is 9.97. The van der Waals surface area contributed by atoms with Gasteiger partial charge in [-0.15, -0.1) is 0 Å². The van der Waals surface area contributed by atoms with Crippen LogP contribution in [-0.2, 0) is 17.8 Å². The first kappa shape index (κ1) is 18.5. The van der Waals surface area contributed by atoms with Crippen molar-refractivity contribution in [2.24, 2.45) is 0 Å². The third-order valence-electron chi connectivity index (χ3n) is 4.47. The van der Waals surface area contributed by atoms with Crippen LogP contribution in [0.4, 0.5) is 5.69 Å². The van der Waals surface area contributed by atoms with E-state index < -0.39 is 5.91 Å². The quantitative estimate of drug-likeness (QED) is 0.547. The molecular formula is C22H15Cl2NO3. The van der Waals surface area contributed by atoms with Gasteiger partial charge in [0.25, 0.3) is 5.91 Å². The fourth-order valence-corrected chi connectivity index (χ4v) is 3.80. The van der Waals surface area contributed by atoms with Gasteiger partial charge in [0, 0.05) is 11.1 Å². The Bertz CT molecular complexity index is 1070. The van der Waals surface area contributed by atoms with Crippen molar-refractivity contribution in [3.05, 3.63) is 93.5 Å². The lowest BCUT2D eigenvalue weighted by molar-refractivity contribution is -0.117. The average Bonchev–Trinajstić information content (AvgIpc) is 2.66. The van der Waals surface area contributed by atoms with Crippen molar-refractivity contribution in [2.45, 2.75) is 13.0 Å². The smallest absolute Gasteiger partial charge is 0.266 e. The molecule has 0 atom stereocenters. The molecule has 140 valence electrons. The number of benzene rings is 3. The summed E-state index contributed by atoms with van der Waals surface area (Å²) in [5, 5.41) is 0.635. The fourth-order valence-electron chi connectivity index (χ4n) is 3.19. The van der Waals surface area contributed by atoms with Gasteiger partial charge < -0.3 is 4.74 Å². The maximum Gasteiger partial charge on any atom is 0.266 e. The van der Waals surface area contributed by atoms with Crippen molar-refractivity contribution in [3.8, 4) is 5.75 Å². The zero-order valence-electron chi connectivity index (χ0n) is 14.7. The third-order valence-corrected chi connectivity index (χ3v) is 4.99. The number of carbonyl (C=O) groups excluding carboxylic acids is 2. The Kier molecular flexibility index (Phi) is 5.07. The van der Waals surface area contributed by atoms with Crippen molar-refractivity contribution in [2.75, 3.05) is 4.90 Å². The van der Waals surface area contributed by atoms with Gasteiger partial charge in [-0.1, -0.05) is 59.6 Å². The molecule has 3 aromatic carbocycles. The first-order chi connectivity index (χ1) is 13.5. The molecule has 2 amide bonds. The highest BCUT2D eigenvalue weighted by atomic mass is 35.5. The number of carbonyl (C=O) groups is 2. The number of hydrogen-bond donors (Lipinski definition) is 0. The largest absolute Gasteiger partial charge is 0.489 e. The second-order valence-electron chi connectivity index (χ2n) is 6.40. The van der Waals surface area contributed by atoms with E-state index in [0.29, 0.717) is 34.2 Å². The lowest BCUT2D eigenvalue weighted by Gasteiger charge is -2.28. The van der Waals surface area contributed by atoms with Gasteiger partial charge in [-0.3, -0.25) is 9.59 Å². The molecule has 6 heteroatoms. The highest BCUT2D eigenvalue weighted by Gasteiger charge is 2.34. The van der Waals surface area contributed by atoms with Gasteiger partial charge in [-0.2, -0.15) is 0 Å². The number of nitrogens with zero attached hydrogens (tertiary/aromatic N) is 1. The van der Waals surface area contributed by atoms with Crippen molar-refractivity contribution in [3.63, 3.8) is 0 Å². The number of rotatable bonds is 4. The Morgan fingerprint density at radius 3 is 2.50 bits per heavy atom. The summed E-state index contributed by atoms with van der Waals surface area (Å²) in [5.41, 5.74) is 2.31. The van der Waals surface area contributed by atoms with Gasteiger partial charge in [-0.05, 0) is 35.4 Å². The topological polar surface area (TPSA) is 46.6 Å². The van der Waals surface area contributed by atoms with E-state index in [9.17, 15) is 9.59 Å². The summed E-state index contributed by atoms with van der Waals surface area (Å²) in [6.45, 7) is 0.388. The van der Waals surface area contributed by atoms with Gasteiger partial charge in [0.1, 0.15) is 12.4 Å². The molecule has 0 fully saturated rings. The Morgan fingerprint density at radius 2 is 1.71 bits per heavy atom. The summed E-state index contributed by atoms with van der Waals surface area (Å²) < 4.78 is 5.81. The standard InChI is InChI=1S/C22H15Cl2NO3/c23-16-9-15-10-20(26)25(22(27)21(15)19(24)11-16)17-7-4-8-18(12-17)28-13-14-5-2-1-3-6-14/h1-9,11-12H,10,13H2. The van der Waals surface area contributed by atoms with Crippen molar-refractivity contribution >= 4 is 40.7 Å². The minimum absolute atomic E-state index is 0.0520. The van der Waals surface area contributed by atoms with Crippen LogP contribution < -0.4 is 9.64 Å². The third kappa shape index (κ3) is 3.61. The maximum atomic E-state index is 13.0. The Hall–Kier alpha value is -2.82. The molecule has 3 aromatic rings. The first-order valence-corrected chi connectivity index (χ1v) is 9.40. The van der Waals surface area contributed by atoms with Crippen LogP contribution in [0.2, 0.25) is 10.0 Å². The van der Waals surface area contributed by atoms with Crippen molar-refractivity contribution in [1.82, 2.24) is 0 Å². The predicted molar refractivity (Wildman–Crippen MR) is 109 cm³/mol. The second-order valence-corrected chi connectivity index (χ2v) is 7.25. The Labute approximate surface area is 172 Å². The minimum atomic E-state index is -0.465. The summed E-state index contributed by atoms with van der Waals surface area (Å²) >= 11 is 12.2. The molecule has 0 bridgehead atoms. The minimum Gasteiger partial charge on any atom is -0.489 e. The molecule has 0 unspecified atom stereocenters. The summed E-state index contributed by atoms with van der Waals surface area (Å²) in [6.07, 6.45) is 0.0520. The number of imide groups is 1. The summed E-state index contributed by atoms with van der Waals surface area (Å²) in [5.74, 6) is -0.237. The van der Waals surface area contributed by atoms with Crippen molar-refractivity contribution in [1.29, 1.82) is 0 Å². The predicted octanol–water partition coefficient (Wildman–Crippen LogP) is 5.30. The van der Waals surface area contributed by atoms with E-state index in [0.717, 1.165) is 10.5 Å². The zero-order chi connectivity index (χ0) is 19.7. The van der Waals surface area contributed by atoms with Gasteiger partial charge in [0.15, 0.2) is 0 Å². The van der Waals surface area contributed by atoms with Crippen LogP contribution >= 0.6 is 23.2 Å². The molecule has 0 saturated carbocycles. The highest BCUT2D eigenvalue weighted by Crippen LogP contribution is 2.33. The molecular weight excluding hydrogens is 397 g/mol. The van der Waals surface area contributed by atoms with Crippen LogP contribution in [0.5, 0.6) is 5.75 Å². The van der Waals surface area contributed by atoms with Crippen LogP contribution in [0.15, 0.2) is 66.7 Å². The lowest BCUT2D eigenvalue weighted by Crippen LogP contribution is -2.42. The molecule has 4 rings (SSSR count). The van der Waals surface area contributed by atoms with Gasteiger partial charge in [0.05, 0.1) is 22.7 Å². The summed E-state index contributed by atoms with van der Waals surface area (Å²) in [6, 6.07) is 19.8. The number of ether oxygens (including phenoxy) is 1. The molecule has 0 aromatic heterocycles. The fraction of sp³-hybridized carbons (Fsp3) is 0.0909. The molecule has 0 aliphatic carbocycles. The van der Waals surface area contributed by atoms with Crippen LogP contribution in [-0.4, -0.2) is 11.8 Å². The van der Waals surface area contributed by atoms with Crippen LogP contribution in [0, 0.1) is 0 Å². The molecule has 4 nitrogen and oxygen atoms in total. The normalized spacial score (nSPS) is 13.4. The van der Waals surface area contributed by atoms with Gasteiger partial charge in [0.2, 0.25) is 5.91 Å². The monoisotopic (exact) mass is 411 g/mol. The van der Waals surface area contributed by atoms with E-state index in [4.69, 9.17) is 27.9 Å². The van der Waals surface area contributed by atoms with E-state index in [1.54, 1.807) is 30.3 Å². The number of anilines is 1. The number of halogens is 2. The van der Waals surface area contributed by atoms with Gasteiger partial charge >= 0.3 is 0 Å². The van der Waals surface area contributed by atoms with E-state index in [1.165, 1.54) is 6.07 Å². The number of amides is 2. The number of hydrogen-bond acceptors (Lipinski definition) is 3. The molecule has 1 aliphatic rings. The molecule has 0 spiro atoms. The van der Waals surface area contributed by atoms with E-state index in [2.05, 4.69) is 0 Å². The summed E-state index contributed by atoms with van der Waals surface area (Å²) in [4.78, 5) is 26.8. The molecule has 1 heterocycles. The van der Waals surface area contributed by atoms with E-state index in [-0.39, 0.29) is 17.4 Å². The SMILES string of the molecule is O=C1Cc2cc(Cl)cc(Cl)c2C(=O)N1c1cccc(OCc2ccccc2)c1. The Morgan fingerprint density at radius 1 is 0.929 bits per heavy atom. The van der Waals surface area contributed by atoms with Crippen LogP contribution in [0.25, 0.3) is 0 Å². The maximum absolute atomic E-state index is 13.0.